The molecule has 1 unspecified atom stereocenters. The zero-order valence-corrected chi connectivity index (χ0v) is 16.3. The molecule has 4 rings (SSSR count). The Hall–Kier alpha value is -2.72. The van der Waals surface area contributed by atoms with Gasteiger partial charge >= 0.3 is 0 Å². The number of aromatic nitrogens is 2. The second kappa shape index (κ2) is 7.72. The van der Waals surface area contributed by atoms with Crippen molar-refractivity contribution < 1.29 is 9.13 Å². The predicted octanol–water partition coefficient (Wildman–Crippen LogP) is 5.75. The number of allylic oxidation sites excluding steroid dienone is 1. The molecule has 28 heavy (non-hydrogen) atoms. The zero-order valence-electron chi connectivity index (χ0n) is 16.3. The second-order valence-corrected chi connectivity index (χ2v) is 7.67. The molecule has 0 saturated heterocycles. The van der Waals surface area contributed by atoms with Gasteiger partial charge in [-0.2, -0.15) is 5.10 Å². The molecule has 0 N–H and O–H groups in total. The van der Waals surface area contributed by atoms with Crippen LogP contribution in [0, 0.1) is 11.2 Å². The summed E-state index contributed by atoms with van der Waals surface area (Å²) in [6, 6.07) is 16.9. The number of hydrogen-bond donors (Lipinski definition) is 0. The van der Waals surface area contributed by atoms with Crippen molar-refractivity contribution >= 4 is 6.08 Å². The van der Waals surface area contributed by atoms with Crippen molar-refractivity contribution in [1.29, 1.82) is 0 Å². The minimum atomic E-state index is -0.240. The summed E-state index contributed by atoms with van der Waals surface area (Å²) >= 11 is 0. The lowest BCUT2D eigenvalue weighted by Crippen LogP contribution is -2.24. The second-order valence-electron chi connectivity index (χ2n) is 7.67. The summed E-state index contributed by atoms with van der Waals surface area (Å²) in [5, 5.41) is 4.55. The van der Waals surface area contributed by atoms with Crippen molar-refractivity contribution in [2.75, 3.05) is 6.61 Å². The Morgan fingerprint density at radius 1 is 1.14 bits per heavy atom. The third kappa shape index (κ3) is 3.78. The lowest BCUT2D eigenvalue weighted by atomic mass is 9.75. The number of fused-ring (bicyclic) bond motifs is 1. The third-order valence-electron chi connectivity index (χ3n) is 5.39. The molecule has 0 bridgehead atoms. The van der Waals surface area contributed by atoms with Crippen LogP contribution in [0.5, 0.6) is 0 Å². The van der Waals surface area contributed by atoms with Crippen molar-refractivity contribution in [3.63, 3.8) is 0 Å². The van der Waals surface area contributed by atoms with Crippen molar-refractivity contribution in [2.24, 2.45) is 5.41 Å². The van der Waals surface area contributed by atoms with E-state index in [9.17, 15) is 4.39 Å². The van der Waals surface area contributed by atoms with Gasteiger partial charge in [0, 0.05) is 6.61 Å². The molecule has 2 aromatic carbocycles. The highest BCUT2D eigenvalue weighted by Crippen LogP contribution is 2.41. The number of halogens is 1. The molecule has 0 aliphatic heterocycles. The smallest absolute Gasteiger partial charge is 0.123 e. The van der Waals surface area contributed by atoms with Gasteiger partial charge in [-0.05, 0) is 66.6 Å². The topological polar surface area (TPSA) is 27.1 Å². The quantitative estimate of drug-likeness (QED) is 0.547. The molecule has 144 valence electrons. The lowest BCUT2D eigenvalue weighted by molar-refractivity contribution is 0.0345. The van der Waals surface area contributed by atoms with Gasteiger partial charge in [0.05, 0.1) is 23.7 Å². The average Bonchev–Trinajstić information content (AvgIpc) is 3.11. The van der Waals surface area contributed by atoms with Crippen LogP contribution in [0.25, 0.3) is 11.8 Å². The third-order valence-corrected chi connectivity index (χ3v) is 5.39. The number of nitrogens with zero attached hydrogens (tertiary/aromatic N) is 2. The SMILES string of the molecule is CCOC(C[C@]1(C)C=Cc2c(cnn2-c2ccc(F)cc2)C1)c1ccccc1. The molecular formula is C24H25FN2O. The first-order valence-electron chi connectivity index (χ1n) is 9.76. The van der Waals surface area contributed by atoms with E-state index < -0.39 is 0 Å². The van der Waals surface area contributed by atoms with Crippen LogP contribution in [0.4, 0.5) is 4.39 Å². The largest absolute Gasteiger partial charge is 0.374 e. The molecule has 4 heteroatoms. The van der Waals surface area contributed by atoms with Gasteiger partial charge in [-0.15, -0.1) is 0 Å². The van der Waals surface area contributed by atoms with E-state index in [4.69, 9.17) is 4.74 Å². The van der Waals surface area contributed by atoms with Crippen LogP contribution >= 0.6 is 0 Å². The van der Waals surface area contributed by atoms with E-state index in [0.717, 1.165) is 24.2 Å². The summed E-state index contributed by atoms with van der Waals surface area (Å²) in [6.45, 7) is 5.00. The Morgan fingerprint density at radius 2 is 1.89 bits per heavy atom. The van der Waals surface area contributed by atoms with Gasteiger partial charge in [0.25, 0.3) is 0 Å². The molecule has 1 heterocycles. The molecule has 2 atom stereocenters. The maximum atomic E-state index is 13.2. The fourth-order valence-electron chi connectivity index (χ4n) is 3.97. The minimum Gasteiger partial charge on any atom is -0.374 e. The highest BCUT2D eigenvalue weighted by atomic mass is 19.1. The molecule has 0 fully saturated rings. The van der Waals surface area contributed by atoms with Crippen LogP contribution in [0.15, 0.2) is 66.9 Å². The molecule has 3 nitrogen and oxygen atoms in total. The fourth-order valence-corrected chi connectivity index (χ4v) is 3.97. The molecule has 3 aromatic rings. The van der Waals surface area contributed by atoms with Gasteiger partial charge < -0.3 is 4.74 Å². The standard InChI is InChI=1S/C24H25FN2O/c1-3-28-23(18-7-5-4-6-8-18)16-24(2)14-13-22-19(15-24)17-26-27(22)21-11-9-20(25)10-12-21/h4-14,17,23H,3,15-16H2,1-2H3/t23?,24-/m1/s1. The maximum absolute atomic E-state index is 13.2. The Kier molecular flexibility index (Phi) is 5.14. The van der Waals surface area contributed by atoms with E-state index in [0.29, 0.717) is 6.61 Å². The van der Waals surface area contributed by atoms with Gasteiger partial charge in [-0.1, -0.05) is 43.3 Å². The Balaban J connectivity index is 1.58. The van der Waals surface area contributed by atoms with E-state index in [1.807, 2.05) is 23.9 Å². The highest BCUT2D eigenvalue weighted by Gasteiger charge is 2.32. The monoisotopic (exact) mass is 376 g/mol. The number of hydrogen-bond acceptors (Lipinski definition) is 2. The van der Waals surface area contributed by atoms with Gasteiger partial charge in [-0.3, -0.25) is 0 Å². The van der Waals surface area contributed by atoms with E-state index >= 15 is 0 Å². The van der Waals surface area contributed by atoms with E-state index in [1.165, 1.54) is 23.3 Å². The summed E-state index contributed by atoms with van der Waals surface area (Å²) in [6.07, 6.45) is 8.21. The normalized spacial score (nSPS) is 19.4. The average molecular weight is 376 g/mol. The summed E-state index contributed by atoms with van der Waals surface area (Å²) in [7, 11) is 0. The van der Waals surface area contributed by atoms with Crippen LogP contribution < -0.4 is 0 Å². The highest BCUT2D eigenvalue weighted by molar-refractivity contribution is 5.57. The van der Waals surface area contributed by atoms with E-state index in [2.05, 4.69) is 48.4 Å². The number of ether oxygens (including phenoxy) is 1. The van der Waals surface area contributed by atoms with Crippen LogP contribution in [0.3, 0.4) is 0 Å². The molecule has 0 saturated carbocycles. The number of rotatable bonds is 6. The van der Waals surface area contributed by atoms with Gasteiger partial charge in [0.1, 0.15) is 5.82 Å². The minimum absolute atomic E-state index is 0.0145. The summed E-state index contributed by atoms with van der Waals surface area (Å²) in [4.78, 5) is 0. The van der Waals surface area contributed by atoms with Gasteiger partial charge in [-0.25, -0.2) is 9.07 Å². The Morgan fingerprint density at radius 3 is 2.61 bits per heavy atom. The molecule has 0 amide bonds. The first kappa shape index (κ1) is 18.6. The Labute approximate surface area is 165 Å². The summed E-state index contributed by atoms with van der Waals surface area (Å²) in [5.41, 5.74) is 4.34. The summed E-state index contributed by atoms with van der Waals surface area (Å²) in [5.74, 6) is -0.240. The molecule has 1 aliphatic rings. The molecule has 1 aliphatic carbocycles. The maximum Gasteiger partial charge on any atom is 0.123 e. The summed E-state index contributed by atoms with van der Waals surface area (Å²) < 4.78 is 21.2. The zero-order chi connectivity index (χ0) is 19.6. The van der Waals surface area contributed by atoms with Crippen molar-refractivity contribution in [3.8, 4) is 5.69 Å². The first-order valence-corrected chi connectivity index (χ1v) is 9.76. The lowest BCUT2D eigenvalue weighted by Gasteiger charge is -2.33. The van der Waals surface area contributed by atoms with Crippen LogP contribution in [-0.2, 0) is 11.2 Å². The fraction of sp³-hybridized carbons (Fsp3) is 0.292. The Bertz CT molecular complexity index is 962. The van der Waals surface area contributed by atoms with Crippen LogP contribution in [0.2, 0.25) is 0 Å². The first-order chi connectivity index (χ1) is 13.6. The number of benzene rings is 2. The van der Waals surface area contributed by atoms with Crippen LogP contribution in [-0.4, -0.2) is 16.4 Å². The molecular weight excluding hydrogens is 351 g/mol. The van der Waals surface area contributed by atoms with Crippen LogP contribution in [0.1, 0.15) is 43.2 Å². The molecule has 0 radical (unpaired) electrons. The van der Waals surface area contributed by atoms with E-state index in [1.54, 1.807) is 12.1 Å². The van der Waals surface area contributed by atoms with Crippen molar-refractivity contribution in [2.45, 2.75) is 32.8 Å². The van der Waals surface area contributed by atoms with Gasteiger partial charge in [0.2, 0.25) is 0 Å². The van der Waals surface area contributed by atoms with Gasteiger partial charge in [0.15, 0.2) is 0 Å². The molecule has 0 spiro atoms. The van der Waals surface area contributed by atoms with Crippen molar-refractivity contribution in [1.82, 2.24) is 9.78 Å². The molecule has 1 aromatic heterocycles. The van der Waals surface area contributed by atoms with Crippen molar-refractivity contribution in [3.05, 3.63) is 89.5 Å². The predicted molar refractivity (Wildman–Crippen MR) is 110 cm³/mol. The van der Waals surface area contributed by atoms with E-state index in [-0.39, 0.29) is 17.3 Å².